The molecule has 0 saturated carbocycles. The molecule has 100 valence electrons. The van der Waals surface area contributed by atoms with Crippen molar-refractivity contribution in [2.45, 2.75) is 13.1 Å². The van der Waals surface area contributed by atoms with Crippen LogP contribution < -0.4 is 5.69 Å². The second-order valence-corrected chi connectivity index (χ2v) is 5.12. The molecule has 0 aromatic carbocycles. The molecule has 2 heterocycles. The number of thiophene rings is 1. The lowest BCUT2D eigenvalue weighted by Gasteiger charge is -2.05. The van der Waals surface area contributed by atoms with E-state index < -0.39 is 17.6 Å². The van der Waals surface area contributed by atoms with E-state index in [1.807, 2.05) is 19.1 Å². The Morgan fingerprint density at radius 2 is 2.05 bits per heavy atom. The lowest BCUT2D eigenvalue weighted by atomic mass is 10.3. The zero-order chi connectivity index (χ0) is 14.0. The number of aromatic amines is 1. The molecule has 0 aliphatic rings. The highest BCUT2D eigenvalue weighted by Crippen LogP contribution is 2.27. The largest absolute Gasteiger partial charge is 0.431 e. The van der Waals surface area contributed by atoms with Crippen molar-refractivity contribution in [1.29, 1.82) is 0 Å². The van der Waals surface area contributed by atoms with E-state index >= 15 is 0 Å². The fourth-order valence-corrected chi connectivity index (χ4v) is 2.21. The molecule has 0 bridgehead atoms. The maximum absolute atomic E-state index is 12.5. The van der Waals surface area contributed by atoms with Crippen LogP contribution in [0, 0.1) is 6.92 Å². The van der Waals surface area contributed by atoms with E-state index in [2.05, 4.69) is 4.98 Å². The lowest BCUT2D eigenvalue weighted by molar-refractivity contribution is -0.141. The zero-order valence-electron chi connectivity index (χ0n) is 9.78. The summed E-state index contributed by atoms with van der Waals surface area (Å²) in [5.74, 6) is 0. The van der Waals surface area contributed by atoms with Crippen molar-refractivity contribution in [3.8, 4) is 0 Å². The van der Waals surface area contributed by atoms with E-state index in [0.29, 0.717) is 0 Å². The summed E-state index contributed by atoms with van der Waals surface area (Å²) in [6.45, 7) is 1.93. The molecule has 0 spiro atoms. The van der Waals surface area contributed by atoms with Gasteiger partial charge in [-0.1, -0.05) is 0 Å². The first kappa shape index (κ1) is 13.5. The summed E-state index contributed by atoms with van der Waals surface area (Å²) >= 11 is 1.50. The van der Waals surface area contributed by atoms with Gasteiger partial charge >= 0.3 is 11.9 Å². The molecule has 0 aliphatic heterocycles. The third-order valence-corrected chi connectivity index (χ3v) is 3.22. The Morgan fingerprint density at radius 1 is 1.32 bits per heavy atom. The molecular weight excluding hydrogens is 277 g/mol. The highest BCUT2D eigenvalue weighted by Gasteiger charge is 2.32. The fourth-order valence-electron chi connectivity index (χ4n) is 1.43. The quantitative estimate of drug-likeness (QED) is 0.920. The summed E-state index contributed by atoms with van der Waals surface area (Å²) in [6.07, 6.45) is -1.58. The minimum absolute atomic E-state index is 0.0258. The molecule has 3 nitrogen and oxygen atoms in total. The SMILES string of the molecule is Cc1ccc(C=Cc2cc(C(F)(F)F)[nH]c(=O)n2)s1. The van der Waals surface area contributed by atoms with Gasteiger partial charge in [-0.3, -0.25) is 0 Å². The third kappa shape index (κ3) is 3.54. The van der Waals surface area contributed by atoms with Crippen molar-refractivity contribution < 1.29 is 13.2 Å². The molecule has 2 aromatic rings. The van der Waals surface area contributed by atoms with Crippen molar-refractivity contribution in [2.75, 3.05) is 0 Å². The van der Waals surface area contributed by atoms with Crippen molar-refractivity contribution in [3.05, 3.63) is 49.8 Å². The Morgan fingerprint density at radius 3 is 2.63 bits per heavy atom. The molecule has 0 saturated heterocycles. The van der Waals surface area contributed by atoms with Crippen LogP contribution in [0.4, 0.5) is 13.2 Å². The number of H-pyrrole nitrogens is 1. The van der Waals surface area contributed by atoms with Gasteiger partial charge in [-0.05, 0) is 37.3 Å². The molecule has 0 amide bonds. The van der Waals surface area contributed by atoms with Gasteiger partial charge in [0.05, 0.1) is 5.69 Å². The lowest BCUT2D eigenvalue weighted by Crippen LogP contribution is -2.19. The number of halogens is 3. The first-order valence-corrected chi connectivity index (χ1v) is 6.09. The van der Waals surface area contributed by atoms with Gasteiger partial charge in [0.1, 0.15) is 5.69 Å². The van der Waals surface area contributed by atoms with Crippen LogP contribution in [0.2, 0.25) is 0 Å². The second-order valence-electron chi connectivity index (χ2n) is 3.80. The summed E-state index contributed by atoms with van der Waals surface area (Å²) in [7, 11) is 0. The average molecular weight is 286 g/mol. The smallest absolute Gasteiger partial charge is 0.302 e. The highest BCUT2D eigenvalue weighted by molar-refractivity contribution is 7.12. The maximum Gasteiger partial charge on any atom is 0.431 e. The van der Waals surface area contributed by atoms with Crippen LogP contribution in [-0.2, 0) is 6.18 Å². The summed E-state index contributed by atoms with van der Waals surface area (Å²) < 4.78 is 37.5. The van der Waals surface area contributed by atoms with E-state index in [4.69, 9.17) is 0 Å². The van der Waals surface area contributed by atoms with E-state index in [9.17, 15) is 18.0 Å². The highest BCUT2D eigenvalue weighted by atomic mass is 32.1. The molecule has 1 N–H and O–H groups in total. The summed E-state index contributed by atoms with van der Waals surface area (Å²) in [5.41, 5.74) is -2.14. The van der Waals surface area contributed by atoms with E-state index in [1.54, 1.807) is 11.1 Å². The van der Waals surface area contributed by atoms with E-state index in [1.165, 1.54) is 17.4 Å². The Balaban J connectivity index is 2.33. The number of nitrogens with zero attached hydrogens (tertiary/aromatic N) is 1. The van der Waals surface area contributed by atoms with Crippen LogP contribution in [0.5, 0.6) is 0 Å². The zero-order valence-corrected chi connectivity index (χ0v) is 10.6. The molecule has 0 unspecified atom stereocenters. The van der Waals surface area contributed by atoms with Crippen LogP contribution in [-0.4, -0.2) is 9.97 Å². The number of hydrogen-bond acceptors (Lipinski definition) is 3. The van der Waals surface area contributed by atoms with Gasteiger partial charge in [0.25, 0.3) is 0 Å². The number of rotatable bonds is 2. The molecule has 2 rings (SSSR count). The van der Waals surface area contributed by atoms with Crippen molar-refractivity contribution in [2.24, 2.45) is 0 Å². The van der Waals surface area contributed by atoms with Crippen molar-refractivity contribution >= 4 is 23.5 Å². The van der Waals surface area contributed by atoms with Crippen LogP contribution in [0.25, 0.3) is 12.2 Å². The van der Waals surface area contributed by atoms with Gasteiger partial charge in [-0.15, -0.1) is 11.3 Å². The monoisotopic (exact) mass is 286 g/mol. The number of nitrogens with one attached hydrogen (secondary N) is 1. The molecule has 0 fully saturated rings. The summed E-state index contributed by atoms with van der Waals surface area (Å²) in [6, 6.07) is 4.55. The number of hydrogen-bond donors (Lipinski definition) is 1. The predicted octanol–water partition coefficient (Wildman–Crippen LogP) is 3.33. The standard InChI is InChI=1S/C12H9F3N2OS/c1-7-2-4-9(19-7)5-3-8-6-10(12(13,14)15)17-11(18)16-8/h2-6H,1H3,(H,16,17,18). The molecule has 2 aromatic heterocycles. The van der Waals surface area contributed by atoms with E-state index in [0.717, 1.165) is 15.8 Å². The Bertz CT molecular complexity index is 670. The Labute approximate surface area is 110 Å². The first-order valence-electron chi connectivity index (χ1n) is 5.28. The van der Waals surface area contributed by atoms with Crippen LogP contribution in [0.1, 0.15) is 21.1 Å². The molecule has 0 radical (unpaired) electrons. The molecule has 0 aliphatic carbocycles. The number of aromatic nitrogens is 2. The number of alkyl halides is 3. The van der Waals surface area contributed by atoms with E-state index in [-0.39, 0.29) is 5.69 Å². The van der Waals surface area contributed by atoms with Crippen molar-refractivity contribution in [1.82, 2.24) is 9.97 Å². The topological polar surface area (TPSA) is 45.8 Å². The molecule has 0 atom stereocenters. The normalized spacial score (nSPS) is 12.2. The number of aryl methyl sites for hydroxylation is 1. The van der Waals surface area contributed by atoms with Gasteiger partial charge in [0.2, 0.25) is 0 Å². The Hall–Kier alpha value is -1.89. The molecule has 19 heavy (non-hydrogen) atoms. The van der Waals surface area contributed by atoms with Gasteiger partial charge in [-0.2, -0.15) is 18.2 Å². The fraction of sp³-hybridized carbons (Fsp3) is 0.167. The molecule has 7 heteroatoms. The predicted molar refractivity (Wildman–Crippen MR) is 67.8 cm³/mol. The molecular formula is C12H9F3N2OS. The van der Waals surface area contributed by atoms with Crippen molar-refractivity contribution in [3.63, 3.8) is 0 Å². The summed E-state index contributed by atoms with van der Waals surface area (Å²) in [5, 5.41) is 0. The van der Waals surface area contributed by atoms with Crippen LogP contribution in [0.15, 0.2) is 23.0 Å². The summed E-state index contributed by atoms with van der Waals surface area (Å²) in [4.78, 5) is 18.2. The first-order chi connectivity index (χ1) is 8.84. The second kappa shape index (κ2) is 5.00. The minimum Gasteiger partial charge on any atom is -0.302 e. The van der Waals surface area contributed by atoms with Gasteiger partial charge < -0.3 is 4.98 Å². The Kier molecular flexibility index (Phi) is 3.57. The minimum atomic E-state index is -4.59. The van der Waals surface area contributed by atoms with Gasteiger partial charge in [-0.25, -0.2) is 4.79 Å². The van der Waals surface area contributed by atoms with Gasteiger partial charge in [0, 0.05) is 9.75 Å². The third-order valence-electron chi connectivity index (χ3n) is 2.25. The maximum atomic E-state index is 12.5. The van der Waals surface area contributed by atoms with Crippen LogP contribution >= 0.6 is 11.3 Å². The van der Waals surface area contributed by atoms with Gasteiger partial charge in [0.15, 0.2) is 0 Å². The van der Waals surface area contributed by atoms with Crippen LogP contribution in [0.3, 0.4) is 0 Å². The average Bonchev–Trinajstić information content (AvgIpc) is 2.71.